The highest BCUT2D eigenvalue weighted by Crippen LogP contribution is 2.38. The number of hydrazine groups is 1. The van der Waals surface area contributed by atoms with Crippen LogP contribution >= 0.6 is 7.82 Å². The Morgan fingerprint density at radius 2 is 1.63 bits per heavy atom. The van der Waals surface area contributed by atoms with E-state index < -0.39 is 41.9 Å². The van der Waals surface area contributed by atoms with Crippen molar-refractivity contribution in [2.45, 2.75) is 56.8 Å². The van der Waals surface area contributed by atoms with Crippen LogP contribution in [-0.4, -0.2) is 97.3 Å². The molecule has 2 N–H and O–H groups in total. The largest absolute Gasteiger partial charge is 0.524 e. The lowest BCUT2D eigenvalue weighted by atomic mass is 9.97. The lowest BCUT2D eigenvalue weighted by Crippen LogP contribution is -2.75. The number of hydrogen-bond acceptors (Lipinski definition) is 9. The number of piperazine rings is 1. The molecule has 0 aliphatic carbocycles. The number of benzene rings is 4. The van der Waals surface area contributed by atoms with Crippen LogP contribution < -0.4 is 4.52 Å². The summed E-state index contributed by atoms with van der Waals surface area (Å²) >= 11 is 0. The normalized spacial score (nSPS) is 17.5. The predicted molar refractivity (Wildman–Crippen MR) is 222 cm³/mol. The molecule has 312 valence electrons. The van der Waals surface area contributed by atoms with Gasteiger partial charge in [-0.2, -0.15) is 0 Å². The summed E-state index contributed by atoms with van der Waals surface area (Å²) in [4.78, 5) is 77.9. The van der Waals surface area contributed by atoms with E-state index in [9.17, 15) is 41.9 Å². The quantitative estimate of drug-likeness (QED) is 0.0884. The monoisotopic (exact) mass is 853 g/mol. The van der Waals surface area contributed by atoms with Crippen molar-refractivity contribution in [2.75, 3.05) is 19.6 Å². The number of aryl methyl sites for hydroxylation is 2. The summed E-state index contributed by atoms with van der Waals surface area (Å²) in [6, 6.07) is 25.4. The van der Waals surface area contributed by atoms with Gasteiger partial charge in [0.15, 0.2) is 5.78 Å². The van der Waals surface area contributed by atoms with Crippen molar-refractivity contribution in [1.82, 2.24) is 23.8 Å². The molecule has 0 spiro atoms. The van der Waals surface area contributed by atoms with Crippen molar-refractivity contribution in [1.29, 1.82) is 0 Å². The standard InChI is InChI=1S/C43H44N5O10PS/c1-4-23-45-28-41(51)47-38(24-32-15-18-34(19-16-32)58-59(53,54)55)43(52)44(27-39(47)48(45)40(50)22-17-31-9-6-5-7-10-31)25-33-11-8-12-36-37(30(3)49)26-46(42(33)36)60(56,57)35-20-13-29(2)14-21-35/h4-16,18-21,26,38-39H,1,17,22-25,27-28H2,2-3H3,(H2,53,54,55)/t38-,39-/m0/s1. The van der Waals surface area contributed by atoms with Gasteiger partial charge >= 0.3 is 7.82 Å². The molecule has 2 aliphatic rings. The Hall–Kier alpha value is -5.90. The molecule has 1 aromatic heterocycles. The summed E-state index contributed by atoms with van der Waals surface area (Å²) in [6.07, 6.45) is 2.37. The molecule has 0 radical (unpaired) electrons. The second kappa shape index (κ2) is 17.0. The fourth-order valence-electron chi connectivity index (χ4n) is 7.91. The molecule has 0 bridgehead atoms. The number of Topliss-reactive ketones (excluding diaryl/α,β-unsaturated/α-hetero) is 1. The van der Waals surface area contributed by atoms with Crippen LogP contribution in [0.25, 0.3) is 10.9 Å². The number of hydrogen-bond donors (Lipinski definition) is 2. The number of fused-ring (bicyclic) bond motifs is 2. The summed E-state index contributed by atoms with van der Waals surface area (Å²) < 4.78 is 45.8. The zero-order valence-corrected chi connectivity index (χ0v) is 34.7. The lowest BCUT2D eigenvalue weighted by molar-refractivity contribution is -0.205. The first-order chi connectivity index (χ1) is 28.5. The van der Waals surface area contributed by atoms with Crippen LogP contribution in [0.3, 0.4) is 0 Å². The van der Waals surface area contributed by atoms with Crippen molar-refractivity contribution in [2.24, 2.45) is 0 Å². The van der Waals surface area contributed by atoms with Crippen molar-refractivity contribution in [3.05, 3.63) is 144 Å². The Kier molecular flexibility index (Phi) is 12.0. The van der Waals surface area contributed by atoms with Gasteiger partial charge in [-0.25, -0.2) is 27.0 Å². The molecule has 15 nitrogen and oxygen atoms in total. The van der Waals surface area contributed by atoms with Gasteiger partial charge in [0, 0.05) is 43.1 Å². The molecular formula is C43H44N5O10PS. The Bertz CT molecular complexity index is 2630. The number of amides is 3. The summed E-state index contributed by atoms with van der Waals surface area (Å²) in [5, 5.41) is 3.51. The first kappa shape index (κ1) is 42.2. The maximum absolute atomic E-state index is 14.9. The minimum Gasteiger partial charge on any atom is -0.404 e. The fourth-order valence-corrected chi connectivity index (χ4v) is 9.71. The highest BCUT2D eigenvalue weighted by molar-refractivity contribution is 7.90. The first-order valence-electron chi connectivity index (χ1n) is 19.2. The van der Waals surface area contributed by atoms with Crippen LogP contribution in [0.15, 0.2) is 121 Å². The first-order valence-corrected chi connectivity index (χ1v) is 22.1. The maximum atomic E-state index is 14.9. The number of phosphoric ester groups is 1. The smallest absolute Gasteiger partial charge is 0.404 e. The van der Waals surface area contributed by atoms with Gasteiger partial charge in [0.05, 0.1) is 23.5 Å². The van der Waals surface area contributed by atoms with Crippen molar-refractivity contribution < 1.29 is 46.5 Å². The lowest BCUT2D eigenvalue weighted by Gasteiger charge is -2.55. The molecule has 60 heavy (non-hydrogen) atoms. The number of rotatable bonds is 14. The number of carbonyl (C=O) groups excluding carboxylic acids is 4. The van der Waals surface area contributed by atoms with Gasteiger partial charge in [0.1, 0.15) is 18.0 Å². The van der Waals surface area contributed by atoms with E-state index in [0.29, 0.717) is 22.9 Å². The molecule has 2 saturated heterocycles. The number of aromatic nitrogens is 1. The fraction of sp³-hybridized carbons (Fsp3) is 0.256. The molecule has 0 saturated carbocycles. The average molecular weight is 854 g/mol. The molecule has 3 heterocycles. The van der Waals surface area contributed by atoms with Gasteiger partial charge in [-0.3, -0.25) is 29.0 Å². The van der Waals surface area contributed by atoms with Gasteiger partial charge in [-0.05, 0) is 61.2 Å². The summed E-state index contributed by atoms with van der Waals surface area (Å²) in [7, 11) is -9.09. The van der Waals surface area contributed by atoms with Crippen molar-refractivity contribution in [3.63, 3.8) is 0 Å². The van der Waals surface area contributed by atoms with Crippen LogP contribution in [0.4, 0.5) is 0 Å². The third-order valence-electron chi connectivity index (χ3n) is 10.7. The molecule has 2 atom stereocenters. The van der Waals surface area contributed by atoms with E-state index in [4.69, 9.17) is 4.52 Å². The van der Waals surface area contributed by atoms with Crippen LogP contribution in [-0.2, 0) is 48.4 Å². The molecule has 3 amide bonds. The second-order valence-corrected chi connectivity index (χ2v) is 17.8. The van der Waals surface area contributed by atoms with Crippen LogP contribution in [0.1, 0.15) is 46.0 Å². The maximum Gasteiger partial charge on any atom is 0.524 e. The number of nitrogens with zero attached hydrogens (tertiary/aromatic N) is 5. The van der Waals surface area contributed by atoms with Gasteiger partial charge in [-0.15, -0.1) is 6.58 Å². The van der Waals surface area contributed by atoms with E-state index >= 15 is 0 Å². The van der Waals surface area contributed by atoms with Gasteiger partial charge < -0.3 is 14.3 Å². The Morgan fingerprint density at radius 1 is 0.933 bits per heavy atom. The highest BCUT2D eigenvalue weighted by Gasteiger charge is 2.51. The minimum absolute atomic E-state index is 0.00422. The van der Waals surface area contributed by atoms with E-state index in [0.717, 1.165) is 15.1 Å². The molecular weight excluding hydrogens is 810 g/mol. The van der Waals surface area contributed by atoms with Crippen LogP contribution in [0.5, 0.6) is 5.75 Å². The average Bonchev–Trinajstić information content (AvgIpc) is 3.62. The third-order valence-corrected chi connectivity index (χ3v) is 12.8. The zero-order chi connectivity index (χ0) is 42.9. The molecule has 7 rings (SSSR count). The SMILES string of the molecule is C=CCN1CC(=O)N2[C@@H](Cc3ccc(OP(=O)(O)O)cc3)C(=O)N(Cc3cccc4c(C(C)=O)cn(S(=O)(=O)c5ccc(C)cc5)c34)C[C@@H]2N1C(=O)CCc1ccccc1. The summed E-state index contributed by atoms with van der Waals surface area (Å²) in [5.74, 6) is -1.63. The minimum atomic E-state index is -4.85. The summed E-state index contributed by atoms with van der Waals surface area (Å²) in [5.41, 5.74) is 3.12. The Balaban J connectivity index is 1.32. The predicted octanol–water partition coefficient (Wildman–Crippen LogP) is 4.85. The van der Waals surface area contributed by atoms with E-state index in [2.05, 4.69) is 6.58 Å². The van der Waals surface area contributed by atoms with E-state index in [-0.39, 0.29) is 72.4 Å². The van der Waals surface area contributed by atoms with Gasteiger partial charge in [0.25, 0.3) is 10.0 Å². The molecule has 5 aromatic rings. The number of phosphoric acid groups is 1. The molecule has 2 fully saturated rings. The number of ketones is 1. The van der Waals surface area contributed by atoms with E-state index in [1.165, 1.54) is 64.3 Å². The molecule has 4 aromatic carbocycles. The van der Waals surface area contributed by atoms with Crippen molar-refractivity contribution in [3.8, 4) is 5.75 Å². The van der Waals surface area contributed by atoms with Gasteiger partial charge in [-0.1, -0.05) is 84.4 Å². The highest BCUT2D eigenvalue weighted by atomic mass is 32.2. The molecule has 0 unspecified atom stereocenters. The van der Waals surface area contributed by atoms with Crippen LogP contribution in [0.2, 0.25) is 0 Å². The zero-order valence-electron chi connectivity index (χ0n) is 33.0. The Morgan fingerprint density at radius 3 is 2.28 bits per heavy atom. The molecule has 2 aliphatic heterocycles. The second-order valence-electron chi connectivity index (χ2n) is 14.8. The van der Waals surface area contributed by atoms with E-state index in [1.807, 2.05) is 37.3 Å². The van der Waals surface area contributed by atoms with Crippen LogP contribution in [0, 0.1) is 6.92 Å². The van der Waals surface area contributed by atoms with Gasteiger partial charge in [0.2, 0.25) is 17.7 Å². The Labute approximate surface area is 347 Å². The van der Waals surface area contributed by atoms with E-state index in [1.54, 1.807) is 41.4 Å². The number of para-hydroxylation sites is 1. The third kappa shape index (κ3) is 8.69. The number of carbonyl (C=O) groups is 4. The van der Waals surface area contributed by atoms with Crippen molar-refractivity contribution >= 4 is 52.3 Å². The topological polar surface area (TPSA) is 187 Å². The molecule has 17 heteroatoms. The summed E-state index contributed by atoms with van der Waals surface area (Å²) in [6.45, 7) is 6.69.